The minimum atomic E-state index is -1.13. The van der Waals surface area contributed by atoms with Crippen molar-refractivity contribution in [3.8, 4) is 6.07 Å². The van der Waals surface area contributed by atoms with Crippen LogP contribution in [0.2, 0.25) is 0 Å². The number of amides is 2. The summed E-state index contributed by atoms with van der Waals surface area (Å²) in [5.74, 6) is -1.23. The molecule has 8 heteroatoms. The number of thioether (sulfide) groups is 1. The van der Waals surface area contributed by atoms with E-state index < -0.39 is 23.9 Å². The summed E-state index contributed by atoms with van der Waals surface area (Å²) in [4.78, 5) is 22.7. The molecule has 0 aliphatic carbocycles. The summed E-state index contributed by atoms with van der Waals surface area (Å²) in [5, 5.41) is 22.4. The molecule has 6 nitrogen and oxygen atoms in total. The molecule has 0 saturated heterocycles. The van der Waals surface area contributed by atoms with Gasteiger partial charge in [-0.05, 0) is 36.6 Å². The normalized spacial score (nSPS) is 11.3. The average molecular weight is 311 g/mol. The molecule has 3 N–H and O–H groups in total. The molecular formula is C13H14FN3O3S. The number of carbonyl (C=O) groups is 2. The molecule has 0 aliphatic heterocycles. The smallest absolute Gasteiger partial charge is 0.326 e. The molecule has 1 atom stereocenters. The molecule has 0 saturated carbocycles. The molecule has 0 radical (unpaired) electrons. The number of halogens is 1. The maximum absolute atomic E-state index is 13.1. The fourth-order valence-electron chi connectivity index (χ4n) is 1.51. The van der Waals surface area contributed by atoms with Crippen molar-refractivity contribution >= 4 is 29.4 Å². The third-order valence-corrected chi connectivity index (χ3v) is 3.20. The van der Waals surface area contributed by atoms with Gasteiger partial charge in [-0.3, -0.25) is 0 Å². The van der Waals surface area contributed by atoms with E-state index in [0.717, 1.165) is 6.07 Å². The van der Waals surface area contributed by atoms with Gasteiger partial charge >= 0.3 is 12.0 Å². The second kappa shape index (κ2) is 8.11. The van der Waals surface area contributed by atoms with Gasteiger partial charge in [0, 0.05) is 5.69 Å². The number of nitrogens with zero attached hydrogens (tertiary/aromatic N) is 1. The Hall–Kier alpha value is -2.27. The molecule has 21 heavy (non-hydrogen) atoms. The zero-order chi connectivity index (χ0) is 15.8. The third kappa shape index (κ3) is 5.31. The van der Waals surface area contributed by atoms with Gasteiger partial charge in [0.2, 0.25) is 0 Å². The van der Waals surface area contributed by atoms with Crippen LogP contribution in [-0.4, -0.2) is 35.2 Å². The highest BCUT2D eigenvalue weighted by Gasteiger charge is 2.19. The summed E-state index contributed by atoms with van der Waals surface area (Å²) in [5.41, 5.74) is 0.00410. The van der Waals surface area contributed by atoms with E-state index in [1.807, 2.05) is 6.26 Å². The number of carboxylic acid groups (broad SMARTS) is 1. The number of urea groups is 1. The number of carbonyl (C=O) groups excluding carboxylic acids is 1. The number of nitrogens with one attached hydrogen (secondary N) is 2. The second-order valence-corrected chi connectivity index (χ2v) is 5.06. The van der Waals surface area contributed by atoms with Gasteiger partial charge in [-0.1, -0.05) is 0 Å². The Bertz CT molecular complexity index is 574. The van der Waals surface area contributed by atoms with Gasteiger partial charge in [-0.25, -0.2) is 14.0 Å². The molecule has 1 aromatic carbocycles. The van der Waals surface area contributed by atoms with Crippen LogP contribution in [-0.2, 0) is 4.79 Å². The summed E-state index contributed by atoms with van der Waals surface area (Å²) in [6.07, 6.45) is 2.12. The first kappa shape index (κ1) is 16.8. The largest absolute Gasteiger partial charge is 0.480 e. The first-order chi connectivity index (χ1) is 9.97. The predicted molar refractivity (Wildman–Crippen MR) is 77.7 cm³/mol. The van der Waals surface area contributed by atoms with E-state index in [0.29, 0.717) is 5.75 Å². The summed E-state index contributed by atoms with van der Waals surface area (Å²) >= 11 is 1.47. The van der Waals surface area contributed by atoms with Gasteiger partial charge in [-0.2, -0.15) is 17.0 Å². The molecule has 0 aliphatic rings. The van der Waals surface area contributed by atoms with Crippen LogP contribution in [0.3, 0.4) is 0 Å². The van der Waals surface area contributed by atoms with Crippen molar-refractivity contribution in [2.75, 3.05) is 17.3 Å². The summed E-state index contributed by atoms with van der Waals surface area (Å²) in [6, 6.07) is 3.43. The van der Waals surface area contributed by atoms with Crippen molar-refractivity contribution in [1.29, 1.82) is 5.26 Å². The minimum Gasteiger partial charge on any atom is -0.480 e. The van der Waals surface area contributed by atoms with E-state index in [9.17, 15) is 14.0 Å². The van der Waals surface area contributed by atoms with E-state index in [1.54, 1.807) is 6.07 Å². The Morgan fingerprint density at radius 2 is 2.24 bits per heavy atom. The van der Waals surface area contributed by atoms with Gasteiger partial charge in [0.1, 0.15) is 17.9 Å². The van der Waals surface area contributed by atoms with Gasteiger partial charge in [0.15, 0.2) is 0 Å². The Morgan fingerprint density at radius 1 is 1.52 bits per heavy atom. The van der Waals surface area contributed by atoms with Crippen LogP contribution < -0.4 is 10.6 Å². The number of hydrogen-bond acceptors (Lipinski definition) is 4. The lowest BCUT2D eigenvalue weighted by Gasteiger charge is -2.14. The number of aliphatic carboxylic acids is 1. The fraction of sp³-hybridized carbons (Fsp3) is 0.308. The van der Waals surface area contributed by atoms with Crippen LogP contribution in [0.5, 0.6) is 0 Å². The van der Waals surface area contributed by atoms with Crippen LogP contribution >= 0.6 is 11.8 Å². The van der Waals surface area contributed by atoms with Crippen molar-refractivity contribution in [3.05, 3.63) is 29.6 Å². The van der Waals surface area contributed by atoms with E-state index in [4.69, 9.17) is 10.4 Å². The van der Waals surface area contributed by atoms with Crippen LogP contribution in [0.1, 0.15) is 12.0 Å². The van der Waals surface area contributed by atoms with E-state index >= 15 is 0 Å². The van der Waals surface area contributed by atoms with Gasteiger partial charge in [-0.15, -0.1) is 0 Å². The average Bonchev–Trinajstić information content (AvgIpc) is 2.45. The fourth-order valence-corrected chi connectivity index (χ4v) is 1.98. The van der Waals surface area contributed by atoms with Crippen molar-refractivity contribution < 1.29 is 19.1 Å². The molecule has 0 unspecified atom stereocenters. The quantitative estimate of drug-likeness (QED) is 0.746. The lowest BCUT2D eigenvalue weighted by molar-refractivity contribution is -0.139. The number of rotatable bonds is 6. The highest BCUT2D eigenvalue weighted by molar-refractivity contribution is 7.98. The number of benzene rings is 1. The Balaban J connectivity index is 2.68. The molecule has 0 aromatic heterocycles. The molecule has 1 aromatic rings. The Kier molecular flexibility index (Phi) is 6.49. The standard InChI is InChI=1S/C13H14FN3O3S/c1-21-5-4-11(12(18)19)17-13(20)16-9-2-3-10(14)8(6-9)7-15/h2-3,6,11H,4-5H2,1H3,(H,18,19)(H2,16,17,20)/t11-/m0/s1. The van der Waals surface area contributed by atoms with Crippen molar-refractivity contribution in [2.24, 2.45) is 0 Å². The molecule has 0 fully saturated rings. The summed E-state index contributed by atoms with van der Waals surface area (Å²) < 4.78 is 13.1. The lowest BCUT2D eigenvalue weighted by atomic mass is 10.2. The predicted octanol–water partition coefficient (Wildman–Crippen LogP) is 2.03. The van der Waals surface area contributed by atoms with Crippen LogP contribution in [0.25, 0.3) is 0 Å². The molecule has 0 bridgehead atoms. The van der Waals surface area contributed by atoms with Crippen LogP contribution in [0, 0.1) is 17.1 Å². The lowest BCUT2D eigenvalue weighted by Crippen LogP contribution is -2.43. The zero-order valence-corrected chi connectivity index (χ0v) is 12.0. The van der Waals surface area contributed by atoms with Crippen molar-refractivity contribution in [3.63, 3.8) is 0 Å². The number of hydrogen-bond donors (Lipinski definition) is 3. The monoisotopic (exact) mass is 311 g/mol. The first-order valence-corrected chi connectivity index (χ1v) is 7.36. The summed E-state index contributed by atoms with van der Waals surface area (Å²) in [6.45, 7) is 0. The number of carboxylic acids is 1. The topological polar surface area (TPSA) is 102 Å². The molecule has 0 heterocycles. The van der Waals surface area contributed by atoms with Crippen LogP contribution in [0.4, 0.5) is 14.9 Å². The number of anilines is 1. The Morgan fingerprint density at radius 3 is 2.81 bits per heavy atom. The number of nitriles is 1. The van der Waals surface area contributed by atoms with Crippen molar-refractivity contribution in [2.45, 2.75) is 12.5 Å². The molecule has 1 rings (SSSR count). The van der Waals surface area contributed by atoms with Gasteiger partial charge < -0.3 is 15.7 Å². The first-order valence-electron chi connectivity index (χ1n) is 5.96. The zero-order valence-electron chi connectivity index (χ0n) is 11.2. The maximum Gasteiger partial charge on any atom is 0.326 e. The van der Waals surface area contributed by atoms with E-state index in [-0.39, 0.29) is 17.7 Å². The molecule has 112 valence electrons. The van der Waals surface area contributed by atoms with Crippen LogP contribution in [0.15, 0.2) is 18.2 Å². The molecule has 2 amide bonds. The second-order valence-electron chi connectivity index (χ2n) is 4.08. The summed E-state index contributed by atoms with van der Waals surface area (Å²) in [7, 11) is 0. The minimum absolute atomic E-state index is 0.204. The SMILES string of the molecule is CSCC[C@H](NC(=O)Nc1ccc(F)c(C#N)c1)C(=O)O. The third-order valence-electron chi connectivity index (χ3n) is 2.56. The van der Waals surface area contributed by atoms with Gasteiger partial charge in [0.05, 0.1) is 5.56 Å². The highest BCUT2D eigenvalue weighted by atomic mass is 32.2. The molecular weight excluding hydrogens is 297 g/mol. The van der Waals surface area contributed by atoms with E-state index in [2.05, 4.69) is 10.6 Å². The maximum atomic E-state index is 13.1. The molecule has 0 spiro atoms. The van der Waals surface area contributed by atoms with Gasteiger partial charge in [0.25, 0.3) is 0 Å². The highest BCUT2D eigenvalue weighted by Crippen LogP contribution is 2.13. The Labute approximate surface area is 125 Å². The van der Waals surface area contributed by atoms with E-state index in [1.165, 1.54) is 23.9 Å². The van der Waals surface area contributed by atoms with Crippen molar-refractivity contribution in [1.82, 2.24) is 5.32 Å².